The van der Waals surface area contributed by atoms with Crippen LogP contribution in [0.5, 0.6) is 0 Å². The maximum atomic E-state index is 12.9. The van der Waals surface area contributed by atoms with Gasteiger partial charge in [-0.2, -0.15) is 0 Å². The lowest BCUT2D eigenvalue weighted by atomic mass is 9.74. The number of hydrogen-bond acceptors (Lipinski definition) is 3. The van der Waals surface area contributed by atoms with E-state index in [1.54, 1.807) is 0 Å². The quantitative estimate of drug-likeness (QED) is 0.811. The summed E-state index contributed by atoms with van der Waals surface area (Å²) >= 11 is 0. The van der Waals surface area contributed by atoms with Gasteiger partial charge in [-0.15, -0.1) is 0 Å². The van der Waals surface area contributed by atoms with Crippen LogP contribution in [0.15, 0.2) is 54.6 Å². The molecule has 108 valence electrons. The number of rotatable bonds is 3. The highest BCUT2D eigenvalue weighted by Crippen LogP contribution is 2.42. The lowest BCUT2D eigenvalue weighted by Crippen LogP contribution is -2.51. The lowest BCUT2D eigenvalue weighted by molar-refractivity contribution is -0.186. The molecule has 1 unspecified atom stereocenters. The van der Waals surface area contributed by atoms with Gasteiger partial charge < -0.3 is 9.47 Å². The van der Waals surface area contributed by atoms with Gasteiger partial charge in [-0.05, 0) is 17.5 Å². The van der Waals surface area contributed by atoms with Gasteiger partial charge in [0.25, 0.3) is 0 Å². The Bertz CT molecular complexity index is 645. The first-order chi connectivity index (χ1) is 10.2. The number of Topliss-reactive ketones (excluding diaryl/α,β-unsaturated/α-hetero) is 1. The second kappa shape index (κ2) is 5.43. The molecule has 0 spiro atoms. The average molecular weight is 282 g/mol. The highest BCUT2D eigenvalue weighted by molar-refractivity contribution is 6.04. The van der Waals surface area contributed by atoms with Gasteiger partial charge in [0.1, 0.15) is 0 Å². The van der Waals surface area contributed by atoms with Gasteiger partial charge in [0, 0.05) is 19.8 Å². The van der Waals surface area contributed by atoms with E-state index in [1.807, 2.05) is 54.6 Å². The van der Waals surface area contributed by atoms with Crippen LogP contribution in [0.3, 0.4) is 0 Å². The average Bonchev–Trinajstić information content (AvgIpc) is 2.56. The number of ketones is 1. The Hall–Kier alpha value is -1.97. The molecule has 3 nitrogen and oxygen atoms in total. The van der Waals surface area contributed by atoms with Gasteiger partial charge >= 0.3 is 0 Å². The monoisotopic (exact) mass is 282 g/mol. The molecule has 3 rings (SSSR count). The van der Waals surface area contributed by atoms with Crippen molar-refractivity contribution in [1.29, 1.82) is 0 Å². The summed E-state index contributed by atoms with van der Waals surface area (Å²) in [6.07, 6.45) is 0.716. The molecule has 3 heteroatoms. The van der Waals surface area contributed by atoms with Crippen molar-refractivity contribution in [2.75, 3.05) is 14.2 Å². The van der Waals surface area contributed by atoms with E-state index in [-0.39, 0.29) is 11.7 Å². The van der Waals surface area contributed by atoms with Crippen molar-refractivity contribution < 1.29 is 14.3 Å². The summed E-state index contributed by atoms with van der Waals surface area (Å²) in [4.78, 5) is 12.9. The highest BCUT2D eigenvalue weighted by atomic mass is 16.7. The van der Waals surface area contributed by atoms with E-state index in [0.717, 1.165) is 11.1 Å². The minimum atomic E-state index is -1.25. The molecule has 0 saturated heterocycles. The molecule has 2 aromatic carbocycles. The minimum absolute atomic E-state index is 0.108. The molecule has 0 amide bonds. The first kappa shape index (κ1) is 14.0. The zero-order valence-electron chi connectivity index (χ0n) is 12.2. The smallest absolute Gasteiger partial charge is 0.240 e. The predicted octanol–water partition coefficient (Wildman–Crippen LogP) is 3.20. The van der Waals surface area contributed by atoms with Crippen LogP contribution in [0.25, 0.3) is 0 Å². The first-order valence-electron chi connectivity index (χ1n) is 7.01. The van der Waals surface area contributed by atoms with Gasteiger partial charge in [0.05, 0.1) is 5.92 Å². The molecule has 0 heterocycles. The van der Waals surface area contributed by atoms with Gasteiger partial charge in [0.2, 0.25) is 11.6 Å². The fourth-order valence-corrected chi connectivity index (χ4v) is 3.20. The maximum absolute atomic E-state index is 12.9. The van der Waals surface area contributed by atoms with Crippen LogP contribution in [-0.2, 0) is 15.9 Å². The Kier molecular flexibility index (Phi) is 3.62. The molecule has 21 heavy (non-hydrogen) atoms. The van der Waals surface area contributed by atoms with Gasteiger partial charge in [-0.3, -0.25) is 4.79 Å². The Labute approximate surface area is 124 Å². The molecule has 0 saturated carbocycles. The standard InChI is InChI=1S/C18H18O3/c1-20-18(21-2)16(13-8-4-3-5-9-13)12-14-10-6-7-11-15(14)17(18)19/h3-11,16H,12H2,1-2H3. The van der Waals surface area contributed by atoms with Crippen LogP contribution < -0.4 is 0 Å². The van der Waals surface area contributed by atoms with Gasteiger partial charge in [0.15, 0.2) is 0 Å². The minimum Gasteiger partial charge on any atom is -0.346 e. The third-order valence-corrected chi connectivity index (χ3v) is 4.27. The predicted molar refractivity (Wildman–Crippen MR) is 80.4 cm³/mol. The molecule has 0 bridgehead atoms. The molecule has 2 aromatic rings. The fraction of sp³-hybridized carbons (Fsp3) is 0.278. The third kappa shape index (κ3) is 2.09. The molecule has 1 atom stereocenters. The van der Waals surface area contributed by atoms with E-state index in [4.69, 9.17) is 9.47 Å². The molecular formula is C18H18O3. The Morgan fingerprint density at radius 2 is 1.57 bits per heavy atom. The number of methoxy groups -OCH3 is 2. The summed E-state index contributed by atoms with van der Waals surface area (Å²) in [5.74, 6) is -1.52. The van der Waals surface area contributed by atoms with E-state index in [2.05, 4.69) is 0 Å². The maximum Gasteiger partial charge on any atom is 0.240 e. The number of benzene rings is 2. The van der Waals surface area contributed by atoms with Crippen LogP contribution in [-0.4, -0.2) is 25.8 Å². The molecular weight excluding hydrogens is 264 g/mol. The Morgan fingerprint density at radius 1 is 0.952 bits per heavy atom. The van der Waals surface area contributed by atoms with Crippen molar-refractivity contribution in [3.63, 3.8) is 0 Å². The van der Waals surface area contributed by atoms with Crippen LogP contribution in [0.2, 0.25) is 0 Å². The molecule has 1 aliphatic rings. The van der Waals surface area contributed by atoms with Crippen LogP contribution >= 0.6 is 0 Å². The van der Waals surface area contributed by atoms with Crippen molar-refractivity contribution in [3.8, 4) is 0 Å². The number of carbonyl (C=O) groups is 1. The van der Waals surface area contributed by atoms with Crippen molar-refractivity contribution in [2.24, 2.45) is 0 Å². The lowest BCUT2D eigenvalue weighted by Gasteiger charge is -2.41. The summed E-state index contributed by atoms with van der Waals surface area (Å²) < 4.78 is 11.2. The summed E-state index contributed by atoms with van der Waals surface area (Å²) in [6.45, 7) is 0. The number of hydrogen-bond donors (Lipinski definition) is 0. The molecule has 0 fully saturated rings. The van der Waals surface area contributed by atoms with Crippen molar-refractivity contribution in [2.45, 2.75) is 18.1 Å². The normalized spacial score (nSPS) is 20.1. The molecule has 0 radical (unpaired) electrons. The van der Waals surface area contributed by atoms with Crippen LogP contribution in [0.4, 0.5) is 0 Å². The second-order valence-electron chi connectivity index (χ2n) is 5.23. The van der Waals surface area contributed by atoms with Crippen molar-refractivity contribution in [1.82, 2.24) is 0 Å². The number of carbonyl (C=O) groups excluding carboxylic acids is 1. The molecule has 0 aromatic heterocycles. The van der Waals surface area contributed by atoms with Crippen molar-refractivity contribution >= 4 is 5.78 Å². The van der Waals surface area contributed by atoms with E-state index >= 15 is 0 Å². The van der Waals surface area contributed by atoms with E-state index in [9.17, 15) is 4.79 Å². The van der Waals surface area contributed by atoms with Crippen LogP contribution in [0, 0.1) is 0 Å². The summed E-state index contributed by atoms with van der Waals surface area (Å²) in [5.41, 5.74) is 2.78. The zero-order chi connectivity index (χ0) is 14.9. The van der Waals surface area contributed by atoms with Gasteiger partial charge in [-0.25, -0.2) is 0 Å². The van der Waals surface area contributed by atoms with E-state index in [0.29, 0.717) is 12.0 Å². The van der Waals surface area contributed by atoms with Crippen molar-refractivity contribution in [3.05, 3.63) is 71.3 Å². The molecule has 1 aliphatic carbocycles. The summed E-state index contributed by atoms with van der Waals surface area (Å²) in [6, 6.07) is 17.6. The summed E-state index contributed by atoms with van der Waals surface area (Å²) in [7, 11) is 3.07. The second-order valence-corrected chi connectivity index (χ2v) is 5.23. The topological polar surface area (TPSA) is 35.5 Å². The van der Waals surface area contributed by atoms with Gasteiger partial charge in [-0.1, -0.05) is 54.6 Å². The number of ether oxygens (including phenoxy) is 2. The summed E-state index contributed by atoms with van der Waals surface area (Å²) in [5, 5.41) is 0. The largest absolute Gasteiger partial charge is 0.346 e. The zero-order valence-corrected chi connectivity index (χ0v) is 12.2. The Balaban J connectivity index is 2.17. The Morgan fingerprint density at radius 3 is 2.24 bits per heavy atom. The molecule has 0 N–H and O–H groups in total. The molecule has 0 aliphatic heterocycles. The number of fused-ring (bicyclic) bond motifs is 1. The highest BCUT2D eigenvalue weighted by Gasteiger charge is 2.51. The van der Waals surface area contributed by atoms with E-state index < -0.39 is 5.79 Å². The van der Waals surface area contributed by atoms with E-state index in [1.165, 1.54) is 14.2 Å². The fourth-order valence-electron chi connectivity index (χ4n) is 3.20. The van der Waals surface area contributed by atoms with Crippen LogP contribution in [0.1, 0.15) is 27.4 Å². The first-order valence-corrected chi connectivity index (χ1v) is 7.01. The SMILES string of the molecule is COC1(OC)C(=O)c2ccccc2CC1c1ccccc1. The third-order valence-electron chi connectivity index (χ3n) is 4.27.